The molecule has 0 N–H and O–H groups in total. The van der Waals surface area contributed by atoms with Gasteiger partial charge in [-0.3, -0.25) is 4.79 Å². The quantitative estimate of drug-likeness (QED) is 0.759. The zero-order valence-electron chi connectivity index (χ0n) is 10.2. The van der Waals surface area contributed by atoms with Gasteiger partial charge in [0.05, 0.1) is 4.90 Å². The van der Waals surface area contributed by atoms with E-state index in [1.807, 2.05) is 0 Å². The van der Waals surface area contributed by atoms with Gasteiger partial charge in [0.15, 0.2) is 0 Å². The Hall–Kier alpha value is -1.91. The van der Waals surface area contributed by atoms with Crippen molar-refractivity contribution < 1.29 is 13.2 Å². The molecular weight excluding hydrogens is 296 g/mol. The first-order chi connectivity index (χ1) is 9.50. The number of sulfone groups is 1. The van der Waals surface area contributed by atoms with E-state index in [-0.39, 0.29) is 15.4 Å². The summed E-state index contributed by atoms with van der Waals surface area (Å²) in [5, 5.41) is 0.552. The Morgan fingerprint density at radius 3 is 2.25 bits per heavy atom. The molecule has 3 rings (SSSR count). The number of carbonyl (C=O) groups is 1. The third-order valence-electron chi connectivity index (χ3n) is 3.10. The lowest BCUT2D eigenvalue weighted by atomic mass is 10.1. The fraction of sp³-hybridized carbons (Fsp3) is 0. The second-order valence-corrected chi connectivity index (χ2v) is 6.71. The zero-order valence-corrected chi connectivity index (χ0v) is 11.8. The molecule has 2 aromatic rings. The molecule has 0 saturated heterocycles. The van der Waals surface area contributed by atoms with E-state index in [9.17, 15) is 13.2 Å². The van der Waals surface area contributed by atoms with Gasteiger partial charge in [-0.2, -0.15) is 0 Å². The van der Waals surface area contributed by atoms with Crippen LogP contribution >= 0.6 is 11.6 Å². The molecule has 0 fully saturated rings. The molecule has 0 bridgehead atoms. The van der Waals surface area contributed by atoms with Gasteiger partial charge in [0.25, 0.3) is 0 Å². The maximum Gasteiger partial charge on any atom is 0.211 e. The summed E-state index contributed by atoms with van der Waals surface area (Å²) < 4.78 is 24.7. The zero-order chi connectivity index (χ0) is 14.3. The SMILES string of the molecule is O=C1/C(=C\c2ccc(Cl)cc2)S(=O)(=O)c2ccccc21. The van der Waals surface area contributed by atoms with Crippen molar-refractivity contribution >= 4 is 33.3 Å². The van der Waals surface area contributed by atoms with Crippen LogP contribution in [0, 0.1) is 0 Å². The summed E-state index contributed by atoms with van der Waals surface area (Å²) in [7, 11) is -3.73. The average molecular weight is 305 g/mol. The van der Waals surface area contributed by atoms with Crippen molar-refractivity contribution in [1.29, 1.82) is 0 Å². The number of halogens is 1. The minimum absolute atomic E-state index is 0.0743. The molecule has 2 aromatic carbocycles. The van der Waals surface area contributed by atoms with Crippen LogP contribution < -0.4 is 0 Å². The number of allylic oxidation sites excluding steroid dienone is 1. The number of fused-ring (bicyclic) bond motifs is 1. The van der Waals surface area contributed by atoms with Crippen LogP contribution in [-0.2, 0) is 9.84 Å². The summed E-state index contributed by atoms with van der Waals surface area (Å²) in [6, 6.07) is 12.9. The Labute approximate surface area is 121 Å². The first kappa shape index (κ1) is 13.1. The van der Waals surface area contributed by atoms with Gasteiger partial charge in [0, 0.05) is 10.6 Å². The lowest BCUT2D eigenvalue weighted by Crippen LogP contribution is -2.01. The molecule has 1 aliphatic heterocycles. The Balaban J connectivity index is 2.17. The molecule has 20 heavy (non-hydrogen) atoms. The second kappa shape index (κ2) is 4.58. The molecule has 0 radical (unpaired) electrons. The standard InChI is InChI=1S/C15H9ClO3S/c16-11-7-5-10(6-8-11)9-14-15(17)12-3-1-2-4-13(12)20(14,18)19/h1-9H/b14-9+. The molecule has 0 atom stereocenters. The van der Waals surface area contributed by atoms with E-state index in [1.165, 1.54) is 18.2 Å². The highest BCUT2D eigenvalue weighted by Gasteiger charge is 2.38. The maximum atomic E-state index is 12.4. The summed E-state index contributed by atoms with van der Waals surface area (Å²) >= 11 is 5.78. The maximum absolute atomic E-state index is 12.4. The molecule has 0 aliphatic carbocycles. The van der Waals surface area contributed by atoms with E-state index in [1.54, 1.807) is 36.4 Å². The highest BCUT2D eigenvalue weighted by molar-refractivity contribution is 7.97. The number of hydrogen-bond donors (Lipinski definition) is 0. The Kier molecular flexibility index (Phi) is 3.00. The molecule has 0 amide bonds. The monoisotopic (exact) mass is 304 g/mol. The summed E-state index contributed by atoms with van der Waals surface area (Å²) in [5.41, 5.74) is 0.849. The fourth-order valence-electron chi connectivity index (χ4n) is 2.12. The van der Waals surface area contributed by atoms with Crippen LogP contribution in [0.15, 0.2) is 58.3 Å². The van der Waals surface area contributed by atoms with Gasteiger partial charge >= 0.3 is 0 Å². The molecule has 0 aromatic heterocycles. The third kappa shape index (κ3) is 1.97. The molecule has 100 valence electrons. The summed E-state index contributed by atoms with van der Waals surface area (Å²) in [6.07, 6.45) is 1.38. The van der Waals surface area contributed by atoms with Crippen molar-refractivity contribution in [3.63, 3.8) is 0 Å². The molecule has 3 nitrogen and oxygen atoms in total. The Morgan fingerprint density at radius 2 is 1.60 bits per heavy atom. The van der Waals surface area contributed by atoms with E-state index >= 15 is 0 Å². The predicted molar refractivity (Wildman–Crippen MR) is 77.4 cm³/mol. The predicted octanol–water partition coefficient (Wildman–Crippen LogP) is 3.35. The molecule has 1 aliphatic rings. The van der Waals surface area contributed by atoms with Gasteiger partial charge in [-0.1, -0.05) is 35.9 Å². The van der Waals surface area contributed by atoms with Crippen molar-refractivity contribution in [1.82, 2.24) is 0 Å². The van der Waals surface area contributed by atoms with Crippen LogP contribution in [0.1, 0.15) is 15.9 Å². The van der Waals surface area contributed by atoms with Gasteiger partial charge in [0.1, 0.15) is 4.91 Å². The van der Waals surface area contributed by atoms with Crippen molar-refractivity contribution in [2.45, 2.75) is 4.90 Å². The second-order valence-electron chi connectivity index (χ2n) is 4.39. The normalized spacial score (nSPS) is 18.2. The van der Waals surface area contributed by atoms with Gasteiger partial charge in [0.2, 0.25) is 15.6 Å². The minimum Gasteiger partial charge on any atom is -0.288 e. The molecule has 5 heteroatoms. The van der Waals surface area contributed by atoms with Crippen LogP contribution in [0.4, 0.5) is 0 Å². The van der Waals surface area contributed by atoms with Crippen molar-refractivity contribution in [2.24, 2.45) is 0 Å². The summed E-state index contributed by atoms with van der Waals surface area (Å²) in [5.74, 6) is -0.462. The van der Waals surface area contributed by atoms with Crippen LogP contribution in [0.5, 0.6) is 0 Å². The van der Waals surface area contributed by atoms with Crippen LogP contribution in [0.2, 0.25) is 5.02 Å². The van der Waals surface area contributed by atoms with E-state index in [0.29, 0.717) is 10.6 Å². The van der Waals surface area contributed by atoms with E-state index in [0.717, 1.165) is 0 Å². The highest BCUT2D eigenvalue weighted by Crippen LogP contribution is 2.34. The number of hydrogen-bond acceptors (Lipinski definition) is 3. The van der Waals surface area contributed by atoms with Gasteiger partial charge < -0.3 is 0 Å². The number of Topliss-reactive ketones (excluding diaryl/α,β-unsaturated/α-hetero) is 1. The van der Waals surface area contributed by atoms with Gasteiger partial charge in [-0.15, -0.1) is 0 Å². The first-order valence-electron chi connectivity index (χ1n) is 5.86. The van der Waals surface area contributed by atoms with Crippen molar-refractivity contribution in [3.05, 3.63) is 69.6 Å². The lowest BCUT2D eigenvalue weighted by Gasteiger charge is -1.98. The molecule has 0 unspecified atom stereocenters. The van der Waals surface area contributed by atoms with E-state index in [4.69, 9.17) is 11.6 Å². The third-order valence-corrected chi connectivity index (χ3v) is 5.17. The minimum atomic E-state index is -3.73. The number of carbonyl (C=O) groups excluding carboxylic acids is 1. The number of rotatable bonds is 1. The molecular formula is C15H9ClO3S. The van der Waals surface area contributed by atoms with E-state index < -0.39 is 15.6 Å². The first-order valence-corrected chi connectivity index (χ1v) is 7.72. The van der Waals surface area contributed by atoms with Crippen LogP contribution in [0.25, 0.3) is 6.08 Å². The Bertz CT molecular complexity index is 834. The summed E-state index contributed by atoms with van der Waals surface area (Å²) in [4.78, 5) is 12.1. The lowest BCUT2D eigenvalue weighted by molar-refractivity contribution is 0.104. The van der Waals surface area contributed by atoms with Crippen LogP contribution in [0.3, 0.4) is 0 Å². The van der Waals surface area contributed by atoms with Crippen molar-refractivity contribution in [2.75, 3.05) is 0 Å². The van der Waals surface area contributed by atoms with Crippen LogP contribution in [-0.4, -0.2) is 14.2 Å². The Morgan fingerprint density at radius 1 is 0.950 bits per heavy atom. The average Bonchev–Trinajstić information content (AvgIpc) is 2.63. The van der Waals surface area contributed by atoms with Gasteiger partial charge in [-0.25, -0.2) is 8.42 Å². The molecule has 1 heterocycles. The topological polar surface area (TPSA) is 51.2 Å². The van der Waals surface area contributed by atoms with Crippen molar-refractivity contribution in [3.8, 4) is 0 Å². The fourth-order valence-corrected chi connectivity index (χ4v) is 3.83. The largest absolute Gasteiger partial charge is 0.288 e. The molecule has 0 saturated carbocycles. The number of benzene rings is 2. The van der Waals surface area contributed by atoms with E-state index in [2.05, 4.69) is 0 Å². The van der Waals surface area contributed by atoms with Gasteiger partial charge in [-0.05, 0) is 35.9 Å². The smallest absolute Gasteiger partial charge is 0.211 e. The summed E-state index contributed by atoms with van der Waals surface area (Å²) in [6.45, 7) is 0. The number of ketones is 1. The molecule has 0 spiro atoms. The highest BCUT2D eigenvalue weighted by atomic mass is 35.5.